The van der Waals surface area contributed by atoms with E-state index in [0.29, 0.717) is 6.29 Å². The summed E-state index contributed by atoms with van der Waals surface area (Å²) in [5.74, 6) is -2.90. The summed E-state index contributed by atoms with van der Waals surface area (Å²) in [6.45, 7) is 1.56. The van der Waals surface area contributed by atoms with Crippen LogP contribution >= 0.6 is 7.60 Å². The van der Waals surface area contributed by atoms with Crippen LogP contribution in [0.1, 0.15) is 13.8 Å². The normalized spacial score (nSPS) is 13.9. The topological polar surface area (TPSA) is 248 Å². The Morgan fingerprint density at radius 1 is 1.16 bits per heavy atom. The van der Waals surface area contributed by atoms with Gasteiger partial charge in [0.05, 0.1) is 31.9 Å². The van der Waals surface area contributed by atoms with E-state index in [9.17, 15) is 28.5 Å². The van der Waals surface area contributed by atoms with Crippen LogP contribution in [0, 0.1) is 0 Å². The molecule has 8 N–H and O–H groups in total. The Bertz CT molecular complexity index is 898. The first kappa shape index (κ1) is 26.8. The first-order valence-corrected chi connectivity index (χ1v) is 10.8. The van der Waals surface area contributed by atoms with Crippen LogP contribution in [0.2, 0.25) is 0 Å². The van der Waals surface area contributed by atoms with Gasteiger partial charge in [-0.3, -0.25) is 23.7 Å². The number of amides is 4. The van der Waals surface area contributed by atoms with E-state index in [2.05, 4.69) is 31.6 Å². The molecule has 0 unspecified atom stereocenters. The highest BCUT2D eigenvalue weighted by Gasteiger charge is 2.27. The van der Waals surface area contributed by atoms with E-state index in [1.165, 1.54) is 13.8 Å². The van der Waals surface area contributed by atoms with Crippen LogP contribution in [-0.4, -0.2) is 85.9 Å². The maximum atomic E-state index is 12.6. The molecule has 0 aromatic carbocycles. The van der Waals surface area contributed by atoms with Crippen molar-refractivity contribution in [2.45, 2.75) is 38.5 Å². The summed E-state index contributed by atoms with van der Waals surface area (Å²) in [4.78, 5) is 76.8. The van der Waals surface area contributed by atoms with Crippen molar-refractivity contribution in [3.63, 3.8) is 0 Å². The van der Waals surface area contributed by atoms with Crippen LogP contribution in [0.4, 0.5) is 0 Å². The number of aldehydes is 1. The zero-order chi connectivity index (χ0) is 24.5. The number of rotatable bonds is 12. The fourth-order valence-corrected chi connectivity index (χ4v) is 2.58. The third-order valence-electron chi connectivity index (χ3n) is 3.79. The van der Waals surface area contributed by atoms with Crippen LogP contribution in [0.25, 0.3) is 0 Å². The zero-order valence-electron chi connectivity index (χ0n) is 17.2. The lowest BCUT2D eigenvalue weighted by Crippen LogP contribution is -2.55. The second kappa shape index (κ2) is 12.0. The summed E-state index contributed by atoms with van der Waals surface area (Å²) in [7, 11) is -4.69. The van der Waals surface area contributed by atoms with Gasteiger partial charge in [0.25, 0.3) is 0 Å². The molecule has 0 aliphatic rings. The Balaban J connectivity index is 2.92. The molecule has 0 bridgehead atoms. The lowest BCUT2D eigenvalue weighted by molar-refractivity contribution is -0.132. The number of hydrogen-bond acceptors (Lipinski definition) is 9. The van der Waals surface area contributed by atoms with Crippen LogP contribution in [-0.2, 0) is 35.1 Å². The second-order valence-electron chi connectivity index (χ2n) is 6.61. The smallest absolute Gasteiger partial charge is 0.348 e. The van der Waals surface area contributed by atoms with E-state index < -0.39 is 67.9 Å². The number of carbonyl (C=O) groups is 5. The molecular weight excluding hydrogens is 451 g/mol. The van der Waals surface area contributed by atoms with Crippen molar-refractivity contribution in [2.75, 3.05) is 13.1 Å². The minimum absolute atomic E-state index is 0.261. The van der Waals surface area contributed by atoms with Gasteiger partial charge in [0.1, 0.15) is 18.4 Å². The van der Waals surface area contributed by atoms with Gasteiger partial charge in [0.15, 0.2) is 5.44 Å². The molecule has 1 aromatic rings. The molecule has 1 aromatic heterocycles. The highest BCUT2D eigenvalue weighted by molar-refractivity contribution is 7.59. The predicted octanol–water partition coefficient (Wildman–Crippen LogP) is -5.15. The average Bonchev–Trinajstić information content (AvgIpc) is 3.18. The van der Waals surface area contributed by atoms with Crippen molar-refractivity contribution in [1.82, 2.24) is 36.3 Å². The first-order chi connectivity index (χ1) is 14.8. The van der Waals surface area contributed by atoms with Crippen molar-refractivity contribution in [1.29, 1.82) is 0 Å². The molecule has 0 radical (unpaired) electrons. The summed E-state index contributed by atoms with van der Waals surface area (Å²) < 4.78 is 12.2. The summed E-state index contributed by atoms with van der Waals surface area (Å²) in [5.41, 5.74) is 4.73. The standard InChI is InChI=1S/C15H25N8O8P/c1-8(16)13(26)18-5-11(25)20-10(6-23-7-12(21-22-23)32(29,30)31)15(28)19-9(2)14(27)17-3-4-24/h4,7-10H,3,5-6,16H2,1-2H3,(H,17,27)(H,18,26)(H,19,28)(H,20,25)(H2,29,30,31)/t8-,9-,10-/m0/s1. The number of nitrogens with two attached hydrogens (primary N) is 1. The van der Waals surface area contributed by atoms with Crippen LogP contribution in [0.5, 0.6) is 0 Å². The fraction of sp³-hybridized carbons (Fsp3) is 0.533. The van der Waals surface area contributed by atoms with E-state index >= 15 is 0 Å². The lowest BCUT2D eigenvalue weighted by atomic mass is 10.2. The predicted molar refractivity (Wildman–Crippen MR) is 107 cm³/mol. The molecule has 0 fully saturated rings. The largest absolute Gasteiger partial charge is 0.377 e. The van der Waals surface area contributed by atoms with Crippen LogP contribution < -0.4 is 32.4 Å². The van der Waals surface area contributed by atoms with Gasteiger partial charge in [0, 0.05) is 0 Å². The molecule has 17 heteroatoms. The molecule has 32 heavy (non-hydrogen) atoms. The number of nitrogens with zero attached hydrogens (tertiary/aromatic N) is 3. The number of carbonyl (C=O) groups excluding carboxylic acids is 5. The van der Waals surface area contributed by atoms with Gasteiger partial charge in [-0.15, -0.1) is 5.10 Å². The van der Waals surface area contributed by atoms with E-state index in [0.717, 1.165) is 10.9 Å². The lowest BCUT2D eigenvalue weighted by Gasteiger charge is -2.21. The molecule has 0 aliphatic heterocycles. The molecule has 0 saturated heterocycles. The molecule has 0 aliphatic carbocycles. The molecule has 0 spiro atoms. The van der Waals surface area contributed by atoms with E-state index in [1.807, 2.05) is 0 Å². The van der Waals surface area contributed by atoms with Gasteiger partial charge >= 0.3 is 7.60 Å². The summed E-state index contributed by atoms with van der Waals surface area (Å²) >= 11 is 0. The van der Waals surface area contributed by atoms with Crippen molar-refractivity contribution < 1.29 is 38.3 Å². The number of nitrogens with one attached hydrogen (secondary N) is 4. The number of hydrogen-bond donors (Lipinski definition) is 7. The first-order valence-electron chi connectivity index (χ1n) is 9.15. The van der Waals surface area contributed by atoms with Gasteiger partial charge in [-0.2, -0.15) is 0 Å². The number of aromatic nitrogens is 3. The Kier molecular flexibility index (Phi) is 10.1. The third kappa shape index (κ3) is 8.89. The highest BCUT2D eigenvalue weighted by atomic mass is 31.2. The van der Waals surface area contributed by atoms with Gasteiger partial charge in [-0.25, -0.2) is 4.68 Å². The minimum atomic E-state index is -4.69. The van der Waals surface area contributed by atoms with Crippen LogP contribution in [0.15, 0.2) is 6.20 Å². The summed E-state index contributed by atoms with van der Waals surface area (Å²) in [5, 5.41) is 16.0. The maximum Gasteiger partial charge on any atom is 0.377 e. The van der Waals surface area contributed by atoms with Gasteiger partial charge in [-0.05, 0) is 13.8 Å². The maximum absolute atomic E-state index is 12.6. The Morgan fingerprint density at radius 3 is 2.34 bits per heavy atom. The quantitative estimate of drug-likeness (QED) is 0.111. The molecule has 178 valence electrons. The van der Waals surface area contributed by atoms with Gasteiger partial charge < -0.3 is 41.6 Å². The molecular formula is C15H25N8O8P. The van der Waals surface area contributed by atoms with Crippen molar-refractivity contribution in [3.8, 4) is 0 Å². The molecule has 4 amide bonds. The average molecular weight is 476 g/mol. The highest BCUT2D eigenvalue weighted by Crippen LogP contribution is 2.31. The summed E-state index contributed by atoms with van der Waals surface area (Å²) in [6, 6.07) is -3.32. The van der Waals surface area contributed by atoms with Crippen molar-refractivity contribution >= 4 is 42.9 Å². The third-order valence-corrected chi connectivity index (χ3v) is 4.60. The Hall–Kier alpha value is -3.20. The van der Waals surface area contributed by atoms with E-state index in [1.54, 1.807) is 0 Å². The summed E-state index contributed by atoms with van der Waals surface area (Å²) in [6.07, 6.45) is 1.35. The Labute approximate surface area is 181 Å². The molecule has 1 rings (SSSR count). The molecule has 1 heterocycles. The van der Waals surface area contributed by atoms with Gasteiger partial charge in [0.2, 0.25) is 23.6 Å². The minimum Gasteiger partial charge on any atom is -0.348 e. The van der Waals surface area contributed by atoms with E-state index in [4.69, 9.17) is 15.5 Å². The molecule has 0 saturated carbocycles. The van der Waals surface area contributed by atoms with E-state index in [-0.39, 0.29) is 6.54 Å². The monoisotopic (exact) mass is 476 g/mol. The zero-order valence-corrected chi connectivity index (χ0v) is 18.1. The molecule has 16 nitrogen and oxygen atoms in total. The second-order valence-corrected chi connectivity index (χ2v) is 8.16. The van der Waals surface area contributed by atoms with Gasteiger partial charge in [-0.1, -0.05) is 5.21 Å². The fourth-order valence-electron chi connectivity index (χ4n) is 2.14. The Morgan fingerprint density at radius 2 is 1.81 bits per heavy atom. The van der Waals surface area contributed by atoms with Crippen molar-refractivity contribution in [2.24, 2.45) is 5.73 Å². The SMILES string of the molecule is C[C@H](N)C(=O)NCC(=O)N[C@@H](Cn1cc(P(=O)(O)O)nn1)C(=O)N[C@@H](C)C(=O)NCC=O. The van der Waals surface area contributed by atoms with Crippen molar-refractivity contribution in [3.05, 3.63) is 6.20 Å². The van der Waals surface area contributed by atoms with Crippen LogP contribution in [0.3, 0.4) is 0 Å². The molecule has 3 atom stereocenters.